The van der Waals surface area contributed by atoms with Gasteiger partial charge in [-0.05, 0) is 33.2 Å². The summed E-state index contributed by atoms with van der Waals surface area (Å²) in [5, 5.41) is 4.48. The Morgan fingerprint density at radius 1 is 0.769 bits per heavy atom. The Balaban J connectivity index is 1.88. The third kappa shape index (κ3) is 2.36. The summed E-state index contributed by atoms with van der Waals surface area (Å²) in [7, 11) is -3.77. The molecule has 0 radical (unpaired) electrons. The molecular formula is C21H15NO3S. The lowest BCUT2D eigenvalue weighted by molar-refractivity contribution is 0.454. The molecule has 0 spiro atoms. The Hall–Kier alpha value is -2.89. The van der Waals surface area contributed by atoms with E-state index in [1.165, 1.54) is 5.39 Å². The predicted octanol–water partition coefficient (Wildman–Crippen LogP) is 4.39. The van der Waals surface area contributed by atoms with Gasteiger partial charge in [0.05, 0.1) is 0 Å². The summed E-state index contributed by atoms with van der Waals surface area (Å²) >= 11 is 0. The van der Waals surface area contributed by atoms with Crippen molar-refractivity contribution in [2.24, 2.45) is 0 Å². The summed E-state index contributed by atoms with van der Waals surface area (Å²) in [5.41, 5.74) is 2.58. The Kier molecular flexibility index (Phi) is 3.29. The lowest BCUT2D eigenvalue weighted by Gasteiger charge is -2.21. The fourth-order valence-corrected chi connectivity index (χ4v) is 4.42. The second kappa shape index (κ2) is 5.56. The minimum atomic E-state index is -3.77. The topological polar surface area (TPSA) is 55.4 Å². The molecule has 4 aromatic carbocycles. The average Bonchev–Trinajstić information content (AvgIpc) is 2.66. The highest BCUT2D eigenvalue weighted by molar-refractivity contribution is 7.85. The van der Waals surface area contributed by atoms with Crippen LogP contribution in [-0.4, -0.2) is 8.42 Å². The number of hydrogen-bond donors (Lipinski definition) is 1. The molecule has 26 heavy (non-hydrogen) atoms. The maximum Gasteiger partial charge on any atom is 0.382 e. The highest BCUT2D eigenvalue weighted by Gasteiger charge is 2.25. The zero-order chi connectivity index (χ0) is 17.7. The van der Waals surface area contributed by atoms with Gasteiger partial charge in [0.1, 0.15) is 0 Å². The Labute approximate surface area is 151 Å². The van der Waals surface area contributed by atoms with E-state index in [2.05, 4.69) is 35.1 Å². The van der Waals surface area contributed by atoms with Crippen molar-refractivity contribution in [1.82, 2.24) is 4.72 Å². The van der Waals surface area contributed by atoms with E-state index in [0.29, 0.717) is 5.75 Å². The van der Waals surface area contributed by atoms with E-state index in [4.69, 9.17) is 4.18 Å². The number of rotatable bonds is 1. The molecule has 1 aliphatic heterocycles. The van der Waals surface area contributed by atoms with Crippen LogP contribution in [0, 0.1) is 0 Å². The van der Waals surface area contributed by atoms with Crippen molar-refractivity contribution in [3.05, 3.63) is 78.4 Å². The third-order valence-corrected chi connectivity index (χ3v) is 5.67. The largest absolute Gasteiger partial charge is 0.382 e. The molecule has 0 bridgehead atoms. The minimum absolute atomic E-state index is 0.233. The van der Waals surface area contributed by atoms with Crippen LogP contribution in [0.3, 0.4) is 0 Å². The van der Waals surface area contributed by atoms with Gasteiger partial charge in [-0.3, -0.25) is 0 Å². The fourth-order valence-electron chi connectivity index (χ4n) is 3.62. The van der Waals surface area contributed by atoms with Crippen molar-refractivity contribution in [3.8, 4) is 16.9 Å². The second-order valence-electron chi connectivity index (χ2n) is 6.34. The number of nitrogens with one attached hydrogen (secondary N) is 1. The molecule has 0 aliphatic carbocycles. The van der Waals surface area contributed by atoms with E-state index in [1.54, 1.807) is 0 Å². The number of hydrogen-bond acceptors (Lipinski definition) is 3. The first-order valence-corrected chi connectivity index (χ1v) is 9.75. The van der Waals surface area contributed by atoms with Crippen LogP contribution in [-0.2, 0) is 16.8 Å². The van der Waals surface area contributed by atoms with Crippen molar-refractivity contribution in [3.63, 3.8) is 0 Å². The molecule has 0 unspecified atom stereocenters. The summed E-state index contributed by atoms with van der Waals surface area (Å²) in [6.07, 6.45) is 0. The van der Waals surface area contributed by atoms with Gasteiger partial charge in [0.15, 0.2) is 5.75 Å². The average molecular weight is 361 g/mol. The van der Waals surface area contributed by atoms with Gasteiger partial charge in [0.25, 0.3) is 0 Å². The van der Waals surface area contributed by atoms with Crippen LogP contribution in [0.2, 0.25) is 0 Å². The van der Waals surface area contributed by atoms with Crippen molar-refractivity contribution >= 4 is 31.8 Å². The van der Waals surface area contributed by atoms with Crippen LogP contribution in [0.4, 0.5) is 0 Å². The lowest BCUT2D eigenvalue weighted by atomic mass is 9.92. The first-order valence-electron chi connectivity index (χ1n) is 8.34. The van der Waals surface area contributed by atoms with Gasteiger partial charge in [-0.25, -0.2) is 0 Å². The molecule has 1 aliphatic rings. The van der Waals surface area contributed by atoms with Gasteiger partial charge in [-0.1, -0.05) is 66.7 Å². The van der Waals surface area contributed by atoms with Crippen LogP contribution >= 0.6 is 0 Å². The number of fused-ring (bicyclic) bond motifs is 4. The number of para-hydroxylation sites is 1. The Morgan fingerprint density at radius 2 is 1.50 bits per heavy atom. The zero-order valence-electron chi connectivity index (χ0n) is 13.8. The van der Waals surface area contributed by atoms with Gasteiger partial charge in [-0.15, -0.1) is 0 Å². The normalized spacial score (nSPS) is 15.5. The molecule has 4 aromatic rings. The molecule has 128 valence electrons. The highest BCUT2D eigenvalue weighted by atomic mass is 32.2. The van der Waals surface area contributed by atoms with Gasteiger partial charge >= 0.3 is 10.3 Å². The van der Waals surface area contributed by atoms with E-state index in [9.17, 15) is 8.42 Å². The van der Waals surface area contributed by atoms with Crippen LogP contribution < -0.4 is 8.91 Å². The molecule has 1 heterocycles. The van der Waals surface area contributed by atoms with Crippen LogP contribution in [0.1, 0.15) is 5.56 Å². The standard InChI is InChI=1S/C21H15NO3S/c23-26(24)22-13-15-7-5-11-19(21(15)25-26)20-12-14-6-1-2-8-16(14)17-9-3-4-10-18(17)20/h1-12,22H,13H2. The monoisotopic (exact) mass is 361 g/mol. The van der Waals surface area contributed by atoms with Crippen molar-refractivity contribution < 1.29 is 12.6 Å². The molecule has 0 saturated carbocycles. The van der Waals surface area contributed by atoms with Crippen LogP contribution in [0.5, 0.6) is 5.75 Å². The van der Waals surface area contributed by atoms with Gasteiger partial charge in [-0.2, -0.15) is 13.1 Å². The third-order valence-electron chi connectivity index (χ3n) is 4.79. The SMILES string of the molecule is O=S1(=O)NCc2cccc(-c3cc4ccccc4c4ccccc34)c2O1. The van der Waals surface area contributed by atoms with Crippen molar-refractivity contribution in [2.75, 3.05) is 0 Å². The molecule has 4 nitrogen and oxygen atoms in total. The molecule has 5 rings (SSSR count). The molecular weight excluding hydrogens is 346 g/mol. The zero-order valence-corrected chi connectivity index (χ0v) is 14.6. The number of benzene rings is 4. The van der Waals surface area contributed by atoms with E-state index in [1.807, 2.05) is 42.5 Å². The summed E-state index contributed by atoms with van der Waals surface area (Å²) in [4.78, 5) is 0. The van der Waals surface area contributed by atoms with Crippen LogP contribution in [0.25, 0.3) is 32.7 Å². The molecule has 0 fully saturated rings. The highest BCUT2D eigenvalue weighted by Crippen LogP contribution is 2.41. The van der Waals surface area contributed by atoms with Gasteiger partial charge < -0.3 is 4.18 Å². The molecule has 1 N–H and O–H groups in total. The summed E-state index contributed by atoms with van der Waals surface area (Å²) in [5.74, 6) is 0.409. The fraction of sp³-hybridized carbons (Fsp3) is 0.0476. The molecule has 0 atom stereocenters. The summed E-state index contributed by atoms with van der Waals surface area (Å²) in [6.45, 7) is 0.233. The molecule has 0 amide bonds. The van der Waals surface area contributed by atoms with E-state index < -0.39 is 10.3 Å². The van der Waals surface area contributed by atoms with E-state index >= 15 is 0 Å². The van der Waals surface area contributed by atoms with Gasteiger partial charge in [0, 0.05) is 17.7 Å². The Morgan fingerprint density at radius 3 is 2.35 bits per heavy atom. The maximum atomic E-state index is 11.9. The minimum Gasteiger partial charge on any atom is -0.370 e. The van der Waals surface area contributed by atoms with E-state index in [-0.39, 0.29) is 6.54 Å². The lowest BCUT2D eigenvalue weighted by Crippen LogP contribution is -2.32. The Bertz CT molecular complexity index is 1280. The first kappa shape index (κ1) is 15.4. The maximum absolute atomic E-state index is 11.9. The van der Waals surface area contributed by atoms with Crippen molar-refractivity contribution in [1.29, 1.82) is 0 Å². The van der Waals surface area contributed by atoms with E-state index in [0.717, 1.165) is 32.8 Å². The van der Waals surface area contributed by atoms with Crippen LogP contribution in [0.15, 0.2) is 72.8 Å². The first-order chi connectivity index (χ1) is 12.6. The van der Waals surface area contributed by atoms with Crippen molar-refractivity contribution in [2.45, 2.75) is 6.54 Å². The smallest absolute Gasteiger partial charge is 0.370 e. The summed E-state index contributed by atoms with van der Waals surface area (Å²) < 4.78 is 31.6. The molecule has 5 heteroatoms. The predicted molar refractivity (Wildman–Crippen MR) is 103 cm³/mol. The summed E-state index contributed by atoms with van der Waals surface area (Å²) in [6, 6.07) is 24.2. The quantitative estimate of drug-likeness (QED) is 0.512. The molecule has 0 aromatic heterocycles. The molecule has 0 saturated heterocycles. The van der Waals surface area contributed by atoms with Gasteiger partial charge in [0.2, 0.25) is 0 Å². The second-order valence-corrected chi connectivity index (χ2v) is 7.71.